The van der Waals surface area contributed by atoms with Crippen LogP contribution in [0.15, 0.2) is 53.6 Å². The van der Waals surface area contributed by atoms with Gasteiger partial charge in [0.05, 0.1) is 40.9 Å². The molecule has 168 valence electrons. The number of amides is 1. The number of aryl methyl sites for hydroxylation is 1. The third kappa shape index (κ3) is 4.17. The number of rotatable bonds is 6. The summed E-state index contributed by atoms with van der Waals surface area (Å²) in [5.41, 5.74) is 0.265. The number of hydrogen-bond acceptors (Lipinski definition) is 7. The van der Waals surface area contributed by atoms with Gasteiger partial charge in [-0.3, -0.25) is 24.3 Å². The first kappa shape index (κ1) is 22.1. The molecule has 0 saturated carbocycles. The standard InChI is InChI=1S/C22H17FN4O5S/c1-12-18-21(24-11-26(22(18)29)10-13-5-3-4-6-15(13)23)33-19(12)20(28)25-16-9-14(27(30)31)7-8-17(16)32-2/h3-9,11H,10H2,1-2H3,(H,25,28). The summed E-state index contributed by atoms with van der Waals surface area (Å²) in [4.78, 5) is 41.4. The molecule has 0 aliphatic heterocycles. The number of thiophene rings is 1. The summed E-state index contributed by atoms with van der Waals surface area (Å²) in [5, 5.41) is 14.0. The number of carbonyl (C=O) groups is 1. The molecule has 0 fully saturated rings. The highest BCUT2D eigenvalue weighted by molar-refractivity contribution is 7.20. The molecule has 9 nitrogen and oxygen atoms in total. The first-order valence-corrected chi connectivity index (χ1v) is 10.5. The lowest BCUT2D eigenvalue weighted by Crippen LogP contribution is -2.21. The summed E-state index contributed by atoms with van der Waals surface area (Å²) >= 11 is 1.02. The lowest BCUT2D eigenvalue weighted by Gasteiger charge is -2.09. The van der Waals surface area contributed by atoms with E-state index in [4.69, 9.17) is 4.74 Å². The van der Waals surface area contributed by atoms with Crippen molar-refractivity contribution >= 4 is 38.8 Å². The summed E-state index contributed by atoms with van der Waals surface area (Å²) in [6.45, 7) is 1.62. The van der Waals surface area contributed by atoms with Gasteiger partial charge in [0.25, 0.3) is 17.2 Å². The number of benzene rings is 2. The Labute approximate surface area is 190 Å². The minimum absolute atomic E-state index is 0.00382. The predicted molar refractivity (Wildman–Crippen MR) is 122 cm³/mol. The van der Waals surface area contributed by atoms with Crippen molar-refractivity contribution in [2.24, 2.45) is 0 Å². The molecular weight excluding hydrogens is 451 g/mol. The Bertz CT molecular complexity index is 1460. The molecule has 0 radical (unpaired) electrons. The maximum absolute atomic E-state index is 14.0. The van der Waals surface area contributed by atoms with Crippen LogP contribution in [0.3, 0.4) is 0 Å². The highest BCUT2D eigenvalue weighted by Gasteiger charge is 2.22. The number of non-ortho nitro benzene ring substituents is 1. The summed E-state index contributed by atoms with van der Waals surface area (Å²) in [5.74, 6) is -0.745. The van der Waals surface area contributed by atoms with Crippen LogP contribution in [0.2, 0.25) is 0 Å². The van der Waals surface area contributed by atoms with Crippen LogP contribution in [0, 0.1) is 22.9 Å². The first-order chi connectivity index (χ1) is 15.8. The number of aromatic nitrogens is 2. The highest BCUT2D eigenvalue weighted by Crippen LogP contribution is 2.32. The SMILES string of the molecule is COc1ccc([N+](=O)[O-])cc1NC(=O)c1sc2ncn(Cc3ccccc3F)c(=O)c2c1C. The Balaban J connectivity index is 1.70. The van der Waals surface area contributed by atoms with E-state index in [0.717, 1.165) is 11.3 Å². The van der Waals surface area contributed by atoms with Crippen molar-refractivity contribution in [1.29, 1.82) is 0 Å². The van der Waals surface area contributed by atoms with Gasteiger partial charge in [0.1, 0.15) is 16.4 Å². The number of ether oxygens (including phenoxy) is 1. The van der Waals surface area contributed by atoms with Gasteiger partial charge in [-0.1, -0.05) is 18.2 Å². The van der Waals surface area contributed by atoms with Crippen molar-refractivity contribution in [1.82, 2.24) is 9.55 Å². The number of nitro benzene ring substituents is 1. The fourth-order valence-corrected chi connectivity index (χ4v) is 4.42. The summed E-state index contributed by atoms with van der Waals surface area (Å²) < 4.78 is 20.5. The van der Waals surface area contributed by atoms with Gasteiger partial charge < -0.3 is 10.1 Å². The molecule has 2 heterocycles. The lowest BCUT2D eigenvalue weighted by molar-refractivity contribution is -0.384. The molecule has 0 bridgehead atoms. The fourth-order valence-electron chi connectivity index (χ4n) is 3.38. The van der Waals surface area contributed by atoms with Gasteiger partial charge in [-0.25, -0.2) is 9.37 Å². The number of nitrogens with one attached hydrogen (secondary N) is 1. The van der Waals surface area contributed by atoms with E-state index in [1.54, 1.807) is 25.1 Å². The zero-order valence-electron chi connectivity index (χ0n) is 17.5. The quantitative estimate of drug-likeness (QED) is 0.336. The molecule has 1 amide bonds. The van der Waals surface area contributed by atoms with Crippen molar-refractivity contribution in [3.8, 4) is 5.75 Å². The van der Waals surface area contributed by atoms with Crippen molar-refractivity contribution in [2.75, 3.05) is 12.4 Å². The second kappa shape index (κ2) is 8.79. The van der Waals surface area contributed by atoms with Crippen LogP contribution in [-0.4, -0.2) is 27.5 Å². The monoisotopic (exact) mass is 468 g/mol. The summed E-state index contributed by atoms with van der Waals surface area (Å²) in [6.07, 6.45) is 1.32. The van der Waals surface area contributed by atoms with Crippen LogP contribution < -0.4 is 15.6 Å². The Hall–Kier alpha value is -4.12. The van der Waals surface area contributed by atoms with Crippen molar-refractivity contribution in [2.45, 2.75) is 13.5 Å². The third-order valence-corrected chi connectivity index (χ3v) is 6.26. The Morgan fingerprint density at radius 2 is 2.06 bits per heavy atom. The maximum Gasteiger partial charge on any atom is 0.271 e. The molecular formula is C22H17FN4O5S. The van der Waals surface area contributed by atoms with Gasteiger partial charge in [0.15, 0.2) is 0 Å². The largest absolute Gasteiger partial charge is 0.495 e. The molecule has 0 spiro atoms. The average Bonchev–Trinajstić information content (AvgIpc) is 3.14. The number of halogens is 1. The molecule has 4 aromatic rings. The second-order valence-corrected chi connectivity index (χ2v) is 8.10. The number of methoxy groups -OCH3 is 1. The van der Waals surface area contributed by atoms with Crippen LogP contribution in [-0.2, 0) is 6.54 Å². The van der Waals surface area contributed by atoms with Crippen LogP contribution >= 0.6 is 11.3 Å². The molecule has 0 aliphatic carbocycles. The van der Waals surface area contributed by atoms with Crippen LogP contribution in [0.25, 0.3) is 10.2 Å². The average molecular weight is 468 g/mol. The van der Waals surface area contributed by atoms with Gasteiger partial charge in [-0.05, 0) is 24.6 Å². The lowest BCUT2D eigenvalue weighted by atomic mass is 10.2. The van der Waals surface area contributed by atoms with E-state index in [-0.39, 0.29) is 33.9 Å². The number of nitrogens with zero attached hydrogens (tertiary/aromatic N) is 3. The van der Waals surface area contributed by atoms with Crippen molar-refractivity contribution < 1.29 is 18.8 Å². The van der Waals surface area contributed by atoms with Gasteiger partial charge in [0, 0.05) is 17.7 Å². The Morgan fingerprint density at radius 3 is 2.76 bits per heavy atom. The molecule has 0 aliphatic rings. The topological polar surface area (TPSA) is 116 Å². The van der Waals surface area contributed by atoms with Crippen molar-refractivity contribution in [3.05, 3.63) is 91.1 Å². The molecule has 4 rings (SSSR count). The minimum Gasteiger partial charge on any atom is -0.495 e. The zero-order valence-corrected chi connectivity index (χ0v) is 18.3. The van der Waals surface area contributed by atoms with E-state index >= 15 is 0 Å². The van der Waals surface area contributed by atoms with Gasteiger partial charge >= 0.3 is 0 Å². The van der Waals surface area contributed by atoms with Crippen molar-refractivity contribution in [3.63, 3.8) is 0 Å². The number of carbonyl (C=O) groups excluding carboxylic acids is 1. The molecule has 11 heteroatoms. The maximum atomic E-state index is 14.0. The normalized spacial score (nSPS) is 10.9. The smallest absolute Gasteiger partial charge is 0.271 e. The van der Waals surface area contributed by atoms with Gasteiger partial charge in [-0.15, -0.1) is 11.3 Å². The Morgan fingerprint density at radius 1 is 1.30 bits per heavy atom. The van der Waals surface area contributed by atoms with E-state index in [0.29, 0.717) is 16.0 Å². The number of nitro groups is 1. The molecule has 0 atom stereocenters. The number of anilines is 1. The van der Waals surface area contributed by atoms with Gasteiger partial charge in [0.2, 0.25) is 0 Å². The van der Waals surface area contributed by atoms with E-state index in [2.05, 4.69) is 10.3 Å². The first-order valence-electron chi connectivity index (χ1n) is 9.66. The molecule has 33 heavy (non-hydrogen) atoms. The fraction of sp³-hybridized carbons (Fsp3) is 0.136. The van der Waals surface area contributed by atoms with E-state index in [1.165, 1.54) is 42.3 Å². The molecule has 0 unspecified atom stereocenters. The summed E-state index contributed by atoms with van der Waals surface area (Å²) in [7, 11) is 1.38. The van der Waals surface area contributed by atoms with E-state index < -0.39 is 22.2 Å². The Kier molecular flexibility index (Phi) is 5.88. The predicted octanol–water partition coefficient (Wildman–Crippen LogP) is 4.12. The van der Waals surface area contributed by atoms with E-state index in [1.807, 2.05) is 0 Å². The van der Waals surface area contributed by atoms with Gasteiger partial charge in [-0.2, -0.15) is 0 Å². The second-order valence-electron chi connectivity index (χ2n) is 7.10. The molecule has 2 aromatic heterocycles. The molecule has 0 saturated heterocycles. The van der Waals surface area contributed by atoms with Crippen LogP contribution in [0.1, 0.15) is 20.8 Å². The number of fused-ring (bicyclic) bond motifs is 1. The summed E-state index contributed by atoms with van der Waals surface area (Å²) in [6, 6.07) is 9.97. The van der Waals surface area contributed by atoms with Crippen LogP contribution in [0.5, 0.6) is 5.75 Å². The van der Waals surface area contributed by atoms with E-state index in [9.17, 15) is 24.1 Å². The molecule has 2 aromatic carbocycles. The minimum atomic E-state index is -0.582. The zero-order chi connectivity index (χ0) is 23.7. The van der Waals surface area contributed by atoms with Crippen LogP contribution in [0.4, 0.5) is 15.8 Å². The third-order valence-electron chi connectivity index (χ3n) is 5.06. The molecule has 1 N–H and O–H groups in total. The number of hydrogen-bond donors (Lipinski definition) is 1. The highest BCUT2D eigenvalue weighted by atomic mass is 32.1.